The zero-order valence-electron chi connectivity index (χ0n) is 13.5. The SMILES string of the molecule is CCCCC1=CC2=PC=C(CCCC)C2=C1CCCC. The topological polar surface area (TPSA) is 0 Å². The summed E-state index contributed by atoms with van der Waals surface area (Å²) < 4.78 is 0. The molecule has 0 amide bonds. The minimum absolute atomic E-state index is 1.28. The Hall–Kier alpha value is -0.610. The van der Waals surface area contributed by atoms with Crippen molar-refractivity contribution < 1.29 is 0 Å². The van der Waals surface area contributed by atoms with Gasteiger partial charge in [-0.3, -0.25) is 0 Å². The highest BCUT2D eigenvalue weighted by Crippen LogP contribution is 2.43. The van der Waals surface area contributed by atoms with E-state index in [0.717, 1.165) is 0 Å². The molecule has 0 saturated heterocycles. The summed E-state index contributed by atoms with van der Waals surface area (Å²) >= 11 is 0. The van der Waals surface area contributed by atoms with Crippen LogP contribution >= 0.6 is 8.20 Å². The lowest BCUT2D eigenvalue weighted by Gasteiger charge is -2.13. The third-order valence-corrected chi connectivity index (χ3v) is 5.39. The first-order valence-electron chi connectivity index (χ1n) is 8.53. The molecule has 0 radical (unpaired) electrons. The minimum Gasteiger partial charge on any atom is -0.0675 e. The summed E-state index contributed by atoms with van der Waals surface area (Å²) in [6.07, 6.45) is 14.3. The van der Waals surface area contributed by atoms with Crippen molar-refractivity contribution in [2.24, 2.45) is 0 Å². The first-order valence-corrected chi connectivity index (χ1v) is 9.49. The van der Waals surface area contributed by atoms with Gasteiger partial charge in [-0.05, 0) is 72.7 Å². The van der Waals surface area contributed by atoms with Crippen LogP contribution in [0.3, 0.4) is 0 Å². The van der Waals surface area contributed by atoms with Crippen LogP contribution < -0.4 is 0 Å². The van der Waals surface area contributed by atoms with Gasteiger partial charge in [0.05, 0.1) is 0 Å². The predicted octanol–water partition coefficient (Wildman–Crippen LogP) is 6.81. The number of allylic oxidation sites excluding steroid dienone is 5. The molecule has 1 aliphatic heterocycles. The molecule has 0 aromatic rings. The van der Waals surface area contributed by atoms with Gasteiger partial charge in [0.2, 0.25) is 0 Å². The zero-order chi connectivity index (χ0) is 14.4. The van der Waals surface area contributed by atoms with Crippen LogP contribution in [-0.2, 0) is 0 Å². The quantitative estimate of drug-likeness (QED) is 0.409. The van der Waals surface area contributed by atoms with Gasteiger partial charge in [-0.1, -0.05) is 48.2 Å². The molecule has 0 N–H and O–H groups in total. The molecule has 2 rings (SSSR count). The third-order valence-electron chi connectivity index (χ3n) is 4.32. The van der Waals surface area contributed by atoms with E-state index in [-0.39, 0.29) is 0 Å². The molecular formula is C19H29P. The molecule has 0 nitrogen and oxygen atoms in total. The maximum absolute atomic E-state index is 2.52. The normalized spacial score (nSPS) is 18.1. The maximum Gasteiger partial charge on any atom is 0.00989 e. The number of rotatable bonds is 9. The van der Waals surface area contributed by atoms with E-state index >= 15 is 0 Å². The lowest BCUT2D eigenvalue weighted by Crippen LogP contribution is -1.97. The van der Waals surface area contributed by atoms with Crippen LogP contribution in [0.4, 0.5) is 0 Å². The van der Waals surface area contributed by atoms with Gasteiger partial charge >= 0.3 is 0 Å². The maximum atomic E-state index is 2.52. The second-order valence-corrected chi connectivity index (χ2v) is 7.00. The Morgan fingerprint density at radius 3 is 2.05 bits per heavy atom. The van der Waals surface area contributed by atoms with Crippen molar-refractivity contribution in [1.29, 1.82) is 0 Å². The van der Waals surface area contributed by atoms with Crippen LogP contribution in [-0.4, -0.2) is 5.29 Å². The molecule has 2 aliphatic rings. The van der Waals surface area contributed by atoms with Crippen LogP contribution in [0.1, 0.15) is 78.6 Å². The highest BCUT2D eigenvalue weighted by atomic mass is 31.1. The molecule has 0 atom stereocenters. The summed E-state index contributed by atoms with van der Waals surface area (Å²) in [5, 5.41) is 1.60. The van der Waals surface area contributed by atoms with E-state index in [1.807, 2.05) is 0 Å². The molecule has 0 aromatic carbocycles. The molecule has 0 fully saturated rings. The molecule has 0 spiro atoms. The second kappa shape index (κ2) is 7.99. The molecule has 0 saturated carbocycles. The number of fused-ring (bicyclic) bond motifs is 1. The van der Waals surface area contributed by atoms with Crippen LogP contribution in [0, 0.1) is 0 Å². The molecule has 20 heavy (non-hydrogen) atoms. The van der Waals surface area contributed by atoms with Crippen molar-refractivity contribution in [3.8, 4) is 0 Å². The molecule has 1 aliphatic carbocycles. The van der Waals surface area contributed by atoms with Gasteiger partial charge in [-0.25, -0.2) is 0 Å². The Balaban J connectivity index is 2.18. The number of hydrogen-bond donors (Lipinski definition) is 0. The Bertz CT molecular complexity index is 460. The van der Waals surface area contributed by atoms with Gasteiger partial charge in [0.15, 0.2) is 0 Å². The average Bonchev–Trinajstić information content (AvgIpc) is 3.00. The first-order chi connectivity index (χ1) is 9.81. The van der Waals surface area contributed by atoms with Crippen molar-refractivity contribution in [2.45, 2.75) is 78.6 Å². The Morgan fingerprint density at radius 1 is 0.800 bits per heavy atom. The Labute approximate surface area is 126 Å². The van der Waals surface area contributed by atoms with Crippen molar-refractivity contribution in [3.05, 3.63) is 34.2 Å². The van der Waals surface area contributed by atoms with E-state index in [0.29, 0.717) is 0 Å². The zero-order valence-corrected chi connectivity index (χ0v) is 14.4. The minimum atomic E-state index is 1.28. The smallest absolute Gasteiger partial charge is 0.00989 e. The van der Waals surface area contributed by atoms with Crippen molar-refractivity contribution in [2.75, 3.05) is 0 Å². The fourth-order valence-electron chi connectivity index (χ4n) is 3.10. The Morgan fingerprint density at radius 2 is 1.40 bits per heavy atom. The van der Waals surface area contributed by atoms with Gasteiger partial charge < -0.3 is 0 Å². The van der Waals surface area contributed by atoms with Crippen LogP contribution in [0.5, 0.6) is 0 Å². The molecular weight excluding hydrogens is 259 g/mol. The molecule has 0 unspecified atom stereocenters. The van der Waals surface area contributed by atoms with Gasteiger partial charge in [0.25, 0.3) is 0 Å². The third kappa shape index (κ3) is 3.53. The number of hydrogen-bond acceptors (Lipinski definition) is 0. The van der Waals surface area contributed by atoms with Crippen LogP contribution in [0.15, 0.2) is 34.2 Å². The highest BCUT2D eigenvalue weighted by molar-refractivity contribution is 7.46. The molecule has 1 heterocycles. The summed E-state index contributed by atoms with van der Waals surface area (Å²) in [5.41, 5.74) is 6.69. The molecule has 0 aromatic heterocycles. The van der Waals surface area contributed by atoms with Crippen LogP contribution in [0.2, 0.25) is 0 Å². The average molecular weight is 288 g/mol. The summed E-state index contributed by atoms with van der Waals surface area (Å²) in [6.45, 7) is 6.90. The summed E-state index contributed by atoms with van der Waals surface area (Å²) in [7, 11) is 1.45. The fourth-order valence-corrected chi connectivity index (χ4v) is 4.29. The van der Waals surface area contributed by atoms with Gasteiger partial charge in [-0.15, -0.1) is 0 Å². The summed E-state index contributed by atoms with van der Waals surface area (Å²) in [5.74, 6) is 2.47. The second-order valence-electron chi connectivity index (χ2n) is 6.00. The highest BCUT2D eigenvalue weighted by Gasteiger charge is 2.26. The van der Waals surface area contributed by atoms with E-state index in [2.05, 4.69) is 32.7 Å². The Kier molecular flexibility index (Phi) is 6.30. The van der Waals surface area contributed by atoms with E-state index in [1.165, 1.54) is 66.0 Å². The van der Waals surface area contributed by atoms with Crippen molar-refractivity contribution >= 4 is 13.5 Å². The molecule has 1 heteroatoms. The molecule has 0 bridgehead atoms. The van der Waals surface area contributed by atoms with Crippen molar-refractivity contribution in [3.63, 3.8) is 0 Å². The number of unbranched alkanes of at least 4 members (excludes halogenated alkanes) is 3. The van der Waals surface area contributed by atoms with Crippen LogP contribution in [0.25, 0.3) is 0 Å². The van der Waals surface area contributed by atoms with Crippen molar-refractivity contribution in [1.82, 2.24) is 0 Å². The molecule has 110 valence electrons. The van der Waals surface area contributed by atoms with E-state index < -0.39 is 0 Å². The lowest BCUT2D eigenvalue weighted by atomic mass is 9.92. The largest absolute Gasteiger partial charge is 0.0675 e. The van der Waals surface area contributed by atoms with Gasteiger partial charge in [0, 0.05) is 5.29 Å². The van der Waals surface area contributed by atoms with E-state index in [1.54, 1.807) is 27.6 Å². The predicted molar refractivity (Wildman–Crippen MR) is 93.7 cm³/mol. The monoisotopic (exact) mass is 288 g/mol. The lowest BCUT2D eigenvalue weighted by molar-refractivity contribution is 0.750. The van der Waals surface area contributed by atoms with Gasteiger partial charge in [0.1, 0.15) is 0 Å². The summed E-state index contributed by atoms with van der Waals surface area (Å²) in [4.78, 5) is 0. The standard InChI is InChI=1S/C19H29P/c1-4-7-10-15-13-18-19(17(15)12-9-6-3)16(14-20-18)11-8-5-2/h13-14H,4-12H2,1-3H3. The van der Waals surface area contributed by atoms with E-state index in [4.69, 9.17) is 0 Å². The summed E-state index contributed by atoms with van der Waals surface area (Å²) in [6, 6.07) is 0. The van der Waals surface area contributed by atoms with Gasteiger partial charge in [-0.2, -0.15) is 0 Å². The van der Waals surface area contributed by atoms with E-state index in [9.17, 15) is 0 Å². The fraction of sp³-hybridized carbons (Fsp3) is 0.632. The first kappa shape index (κ1) is 15.8.